The first-order chi connectivity index (χ1) is 33.7. The molecule has 30 atom stereocenters. The van der Waals surface area contributed by atoms with Crippen molar-refractivity contribution in [3.8, 4) is 0 Å². The Balaban J connectivity index is 0.00000199. The van der Waals surface area contributed by atoms with Gasteiger partial charge in [0.05, 0.1) is 39.6 Å². The molecule has 33 heteroatoms. The molecule has 0 aromatic rings. The smallest absolute Gasteiger partial charge is 0.187 e. The van der Waals surface area contributed by atoms with Crippen LogP contribution >= 0.6 is 34.8 Å². The van der Waals surface area contributed by atoms with Gasteiger partial charge in [-0.3, -0.25) is 0 Å². The van der Waals surface area contributed by atoms with Crippen LogP contribution in [0.2, 0.25) is 0 Å². The molecular weight excluding hydrogens is 1040 g/mol. The normalized spacial score (nSPS) is 52.1. The van der Waals surface area contributed by atoms with Crippen molar-refractivity contribution in [2.75, 3.05) is 46.8 Å². The predicted molar refractivity (Wildman–Crippen MR) is 222 cm³/mol. The number of methoxy groups -OCH3 is 1. The summed E-state index contributed by atoms with van der Waals surface area (Å²) in [5, 5.41) is 186. The molecule has 22 heterocycles. The summed E-state index contributed by atoms with van der Waals surface area (Å²) < 4.78 is 73.4. The van der Waals surface area contributed by atoms with Gasteiger partial charge in [-0.25, -0.2) is 0 Å². The fourth-order valence-corrected chi connectivity index (χ4v) is 9.18. The zero-order chi connectivity index (χ0) is 52.3. The second-order valence-electron chi connectivity index (χ2n) is 17.3. The van der Waals surface area contributed by atoms with Gasteiger partial charge >= 0.3 is 0 Å². The number of halogens is 3. The van der Waals surface area contributed by atoms with Crippen molar-refractivity contribution in [1.82, 2.24) is 0 Å². The lowest BCUT2D eigenvalue weighted by Crippen LogP contribution is -2.69. The van der Waals surface area contributed by atoms with Crippen LogP contribution < -0.4 is 0 Å². The quantitative estimate of drug-likeness (QED) is 0.105. The summed E-state index contributed by atoms with van der Waals surface area (Å²) in [5.74, 6) is 0. The molecule has 416 valence electrons. The van der Waals surface area contributed by atoms with Crippen LogP contribution in [0.4, 0.5) is 0 Å². The number of aliphatic hydroxyl groups is 17. The number of ether oxygens (including phenoxy) is 13. The molecule has 0 amide bonds. The molecule has 0 aromatic carbocycles. The van der Waals surface area contributed by atoms with Crippen LogP contribution in [-0.4, -0.2) is 322 Å². The lowest BCUT2D eigenvalue weighted by atomic mass is 9.94. The number of hydrogen-bond acceptors (Lipinski definition) is 30. The maximum absolute atomic E-state index is 11.4. The van der Waals surface area contributed by atoms with Crippen molar-refractivity contribution >= 4 is 34.8 Å². The molecule has 0 aromatic heterocycles. The molecule has 71 heavy (non-hydrogen) atoms. The zero-order valence-corrected chi connectivity index (χ0v) is 39.5. The van der Waals surface area contributed by atoms with Crippen molar-refractivity contribution in [3.63, 3.8) is 0 Å². The molecule has 0 spiro atoms. The monoisotopic (exact) mass is 1100 g/mol. The Morgan fingerprint density at radius 2 is 0.465 bits per heavy atom. The fourth-order valence-electron chi connectivity index (χ4n) is 9.18. The van der Waals surface area contributed by atoms with Crippen molar-refractivity contribution in [2.45, 2.75) is 189 Å². The molecule has 12 bridgehead atoms. The molecule has 22 rings (SSSR count). The minimum absolute atomic E-state index is 0.750. The Labute approximate surface area is 417 Å². The van der Waals surface area contributed by atoms with Gasteiger partial charge in [0.25, 0.3) is 0 Å². The highest BCUT2D eigenvalue weighted by Gasteiger charge is 2.59. The summed E-state index contributed by atoms with van der Waals surface area (Å²) in [6.45, 7) is -5.81. The molecule has 0 saturated carbocycles. The summed E-state index contributed by atoms with van der Waals surface area (Å²) in [6, 6.07) is 0. The van der Waals surface area contributed by atoms with Crippen molar-refractivity contribution in [2.24, 2.45) is 0 Å². The van der Waals surface area contributed by atoms with E-state index in [1.54, 1.807) is 0 Å². The molecule has 22 aliphatic rings. The van der Waals surface area contributed by atoms with Gasteiger partial charge < -0.3 is 148 Å². The first kappa shape index (κ1) is 59.9. The van der Waals surface area contributed by atoms with Crippen LogP contribution in [0.25, 0.3) is 0 Å². The minimum Gasteiger partial charge on any atom is -0.394 e. The van der Waals surface area contributed by atoms with Gasteiger partial charge in [-0.05, 0) is 0 Å². The molecular formula is C38H63Cl3O30. The highest BCUT2D eigenvalue weighted by Crippen LogP contribution is 2.38. The van der Waals surface area contributed by atoms with E-state index in [1.165, 1.54) is 0 Å². The van der Waals surface area contributed by atoms with Gasteiger partial charge in [-0.15, -0.1) is 0 Å². The Morgan fingerprint density at radius 1 is 0.296 bits per heavy atom. The van der Waals surface area contributed by atoms with Gasteiger partial charge in [-0.1, -0.05) is 34.8 Å². The lowest BCUT2D eigenvalue weighted by Gasteiger charge is -2.51. The third-order valence-electron chi connectivity index (χ3n) is 12.9. The second kappa shape index (κ2) is 26.3. The standard InChI is InChI=1S/C37H62O30.CHCl3/c1-55-31-24(54)37-61-13(7-43)30(31)67-36-23(53)18(48)28(11(5-41)60-36)65-34-21(51)16(46)26(9(3-39)58-34)63-32-19(49)14(44)25(8(2-38)56-32)62-33-20(50)15(45)27(10(4-40)57-33)64-35-22(52)17(47)29(66-37)12(6-42)59-35;2-1(3)4/h8-54H,2-7H2,1H3;1H/t8-,9-,10-,11-,12-,13-,14-,15-,16-,17-,18-,19-,20-,21-,22-,23-,24-,25-,26-,27-,28-,29-,30+,31-,32-,33-,34-,35-,36-,37-;/m1./s1. The molecule has 0 unspecified atom stereocenters. The van der Waals surface area contributed by atoms with Crippen LogP contribution in [0.5, 0.6) is 0 Å². The summed E-state index contributed by atoms with van der Waals surface area (Å²) >= 11 is 14.4. The Bertz CT molecular complexity index is 1590. The van der Waals surface area contributed by atoms with Crippen LogP contribution in [-0.2, 0) is 61.6 Å². The predicted octanol–water partition coefficient (Wildman–Crippen LogP) is -10.4. The average Bonchev–Trinajstić information content (AvgIpc) is 3.34. The first-order valence-corrected chi connectivity index (χ1v) is 23.5. The maximum Gasteiger partial charge on any atom is 0.187 e. The lowest BCUT2D eigenvalue weighted by molar-refractivity contribution is -0.404. The number of aliphatic hydroxyl groups excluding tert-OH is 17. The topological polar surface area (TPSA) is 464 Å². The van der Waals surface area contributed by atoms with E-state index in [0.29, 0.717) is 0 Å². The van der Waals surface area contributed by atoms with Crippen LogP contribution in [0.1, 0.15) is 0 Å². The van der Waals surface area contributed by atoms with Crippen molar-refractivity contribution < 1.29 is 148 Å². The fraction of sp³-hybridized carbons (Fsp3) is 1.00. The molecule has 17 N–H and O–H groups in total. The molecule has 0 radical (unpaired) electrons. The Kier molecular flexibility index (Phi) is 22.2. The molecule has 0 aliphatic carbocycles. The Hall–Kier alpha value is -0.330. The van der Waals surface area contributed by atoms with E-state index < -0.39 is 228 Å². The number of alkyl halides is 3. The van der Waals surface area contributed by atoms with Crippen molar-refractivity contribution in [3.05, 3.63) is 0 Å². The molecule has 22 aliphatic heterocycles. The summed E-state index contributed by atoms with van der Waals surface area (Å²) in [4.78, 5) is 0. The number of hydrogen-bond donors (Lipinski definition) is 17. The molecule has 30 nitrogen and oxygen atoms in total. The SMILES string of the molecule is CO[C@@H]1[C@@H](O)[C@H]2O[C@H]3[C@H](O)[C@@H](O)[C@@H](O[C@H]4[C@H](O)[C@@H](O)[C@@H](O[C@H]5[C@H](O)[C@@H](O)[C@@H](O[C@H]6[C@H](O)[C@@H](O)[C@@H](O[C@H]7[C@H](O)[C@@H](O)[C@@H](O[C@H]1[C@@H](CO)O2)O[C@@H]7CO)O[C@@H]6CO)O[C@@H]5CO)O[C@@H]4CO)O[C@@H]3CO.ClC(Cl)Cl. The Morgan fingerprint density at radius 3 is 0.648 bits per heavy atom. The van der Waals surface area contributed by atoms with Gasteiger partial charge in [0.2, 0.25) is 0 Å². The van der Waals surface area contributed by atoms with Crippen LogP contribution in [0, 0.1) is 0 Å². The summed E-state index contributed by atoms with van der Waals surface area (Å²) in [5.41, 5.74) is 0. The summed E-state index contributed by atoms with van der Waals surface area (Å²) in [6.07, 6.45) is -56.6. The largest absolute Gasteiger partial charge is 0.394 e. The zero-order valence-electron chi connectivity index (χ0n) is 37.2. The number of rotatable bonds is 7. The summed E-state index contributed by atoms with van der Waals surface area (Å²) in [7, 11) is 1.10. The van der Waals surface area contributed by atoms with E-state index in [-0.39, 0.29) is 0 Å². The van der Waals surface area contributed by atoms with E-state index in [0.717, 1.165) is 7.11 Å². The third kappa shape index (κ3) is 12.8. The first-order valence-electron chi connectivity index (χ1n) is 22.1. The van der Waals surface area contributed by atoms with Crippen LogP contribution in [0.3, 0.4) is 0 Å². The van der Waals surface area contributed by atoms with E-state index in [9.17, 15) is 86.8 Å². The second-order valence-corrected chi connectivity index (χ2v) is 19.3. The van der Waals surface area contributed by atoms with Gasteiger partial charge in [0.15, 0.2) is 42.0 Å². The van der Waals surface area contributed by atoms with E-state index in [4.69, 9.17) is 96.4 Å². The van der Waals surface area contributed by atoms with Gasteiger partial charge in [0.1, 0.15) is 146 Å². The molecule has 22 saturated heterocycles. The average molecular weight is 1110 g/mol. The van der Waals surface area contributed by atoms with E-state index in [2.05, 4.69) is 0 Å². The maximum atomic E-state index is 11.4. The van der Waals surface area contributed by atoms with E-state index in [1.807, 2.05) is 0 Å². The molecule has 22 fully saturated rings. The van der Waals surface area contributed by atoms with Gasteiger partial charge in [-0.2, -0.15) is 0 Å². The third-order valence-corrected chi connectivity index (χ3v) is 12.9. The highest BCUT2D eigenvalue weighted by molar-refractivity contribution is 6.63. The van der Waals surface area contributed by atoms with Gasteiger partial charge in [0, 0.05) is 7.11 Å². The van der Waals surface area contributed by atoms with Crippen LogP contribution in [0.15, 0.2) is 0 Å². The highest BCUT2D eigenvalue weighted by atomic mass is 35.6. The minimum atomic E-state index is -2.14. The van der Waals surface area contributed by atoms with E-state index >= 15 is 0 Å². The van der Waals surface area contributed by atoms with Crippen molar-refractivity contribution in [1.29, 1.82) is 0 Å².